The van der Waals surface area contributed by atoms with Crippen molar-refractivity contribution in [2.75, 3.05) is 6.61 Å². The lowest BCUT2D eigenvalue weighted by Gasteiger charge is -2.43. The summed E-state index contributed by atoms with van der Waals surface area (Å²) in [4.78, 5) is 0. The number of fused-ring (bicyclic) bond motifs is 1. The number of rotatable bonds is 1. The van der Waals surface area contributed by atoms with Crippen LogP contribution < -0.4 is 0 Å². The third-order valence-corrected chi connectivity index (χ3v) is 4.24. The zero-order valence-electron chi connectivity index (χ0n) is 7.01. The van der Waals surface area contributed by atoms with Crippen LogP contribution in [0.1, 0.15) is 25.7 Å². The van der Waals surface area contributed by atoms with Gasteiger partial charge in [-0.3, -0.25) is 0 Å². The molecule has 0 aromatic carbocycles. The van der Waals surface area contributed by atoms with Crippen LogP contribution in [0.4, 0.5) is 0 Å². The fourth-order valence-corrected chi connectivity index (χ4v) is 3.54. The van der Waals surface area contributed by atoms with Crippen LogP contribution in [-0.2, 0) is 4.65 Å². The fourth-order valence-electron chi connectivity index (χ4n) is 3.54. The maximum Gasteiger partial charge on any atom is 0.275 e. The first-order valence-corrected chi connectivity index (χ1v) is 4.97. The normalized spacial score (nSPS) is 53.8. The second-order valence-electron chi connectivity index (χ2n) is 4.74. The van der Waals surface area contributed by atoms with E-state index in [1.165, 1.54) is 19.2 Å². The lowest BCUT2D eigenvalue weighted by Crippen LogP contribution is -2.35. The highest BCUT2D eigenvalue weighted by molar-refractivity contribution is 6.28. The summed E-state index contributed by atoms with van der Waals surface area (Å²) in [5, 5.41) is 0. The van der Waals surface area contributed by atoms with E-state index >= 15 is 0 Å². The van der Waals surface area contributed by atoms with E-state index in [4.69, 9.17) is 4.65 Å². The lowest BCUT2D eigenvalue weighted by molar-refractivity contribution is 0.0585. The van der Waals surface area contributed by atoms with E-state index in [-0.39, 0.29) is 0 Å². The second kappa shape index (κ2) is 2.04. The van der Waals surface area contributed by atoms with Gasteiger partial charge in [-0.2, -0.15) is 0 Å². The molecule has 0 N–H and O–H groups in total. The van der Waals surface area contributed by atoms with Crippen LogP contribution in [0, 0.1) is 17.3 Å². The molecule has 2 heteroatoms. The molecule has 3 aliphatic carbocycles. The lowest BCUT2D eigenvalue weighted by atomic mass is 9.60. The molecule has 1 saturated heterocycles. The van der Waals surface area contributed by atoms with Crippen LogP contribution in [0.5, 0.6) is 0 Å². The van der Waals surface area contributed by atoms with Crippen molar-refractivity contribution in [2.24, 2.45) is 17.3 Å². The summed E-state index contributed by atoms with van der Waals surface area (Å²) in [7, 11) is 1.04. The Morgan fingerprint density at radius 3 is 2.82 bits per heavy atom. The van der Waals surface area contributed by atoms with Gasteiger partial charge in [0.25, 0.3) is 7.48 Å². The Kier molecular flexibility index (Phi) is 1.21. The van der Waals surface area contributed by atoms with Crippen LogP contribution in [-0.4, -0.2) is 14.1 Å². The van der Waals surface area contributed by atoms with Gasteiger partial charge in [0, 0.05) is 6.61 Å². The van der Waals surface area contributed by atoms with Crippen LogP contribution >= 0.6 is 0 Å². The Bertz CT molecular complexity index is 163. The van der Waals surface area contributed by atoms with Crippen LogP contribution in [0.15, 0.2) is 0 Å². The highest BCUT2D eigenvalue weighted by atomic mass is 16.4. The maximum atomic E-state index is 5.46. The van der Waals surface area contributed by atoms with Gasteiger partial charge >= 0.3 is 0 Å². The predicted octanol–water partition coefficient (Wildman–Crippen LogP) is 1.59. The van der Waals surface area contributed by atoms with Crippen LogP contribution in [0.25, 0.3) is 0 Å². The molecule has 0 aromatic rings. The Morgan fingerprint density at radius 2 is 2.27 bits per heavy atom. The molecule has 1 nitrogen and oxygen atoms in total. The van der Waals surface area contributed by atoms with Crippen molar-refractivity contribution < 1.29 is 4.65 Å². The van der Waals surface area contributed by atoms with E-state index in [0.717, 1.165) is 31.3 Å². The first-order valence-electron chi connectivity index (χ1n) is 4.97. The minimum Gasteiger partial charge on any atom is -0.439 e. The molecule has 0 amide bonds. The number of hydrogen-bond donors (Lipinski definition) is 0. The molecule has 1 unspecified atom stereocenters. The Balaban J connectivity index is 1.77. The highest BCUT2D eigenvalue weighted by Gasteiger charge is 2.54. The smallest absolute Gasteiger partial charge is 0.275 e. The van der Waals surface area contributed by atoms with Crippen molar-refractivity contribution in [3.05, 3.63) is 0 Å². The van der Waals surface area contributed by atoms with Gasteiger partial charge in [0.1, 0.15) is 0 Å². The molecule has 0 radical (unpaired) electrons. The average Bonchev–Trinajstić information content (AvgIpc) is 2.59. The summed E-state index contributed by atoms with van der Waals surface area (Å²) >= 11 is 0. The van der Waals surface area contributed by atoms with Gasteiger partial charge in [0.15, 0.2) is 0 Å². The molecule has 0 aromatic heterocycles. The second-order valence-corrected chi connectivity index (χ2v) is 4.74. The Hall–Kier alpha value is 0.0249. The SMILES string of the molecule is B1CC(C23CCC(C2)C3)CO1. The zero-order chi connectivity index (χ0) is 7.31. The zero-order valence-corrected chi connectivity index (χ0v) is 7.01. The topological polar surface area (TPSA) is 9.23 Å². The summed E-state index contributed by atoms with van der Waals surface area (Å²) in [5.41, 5.74) is 0.793. The van der Waals surface area contributed by atoms with E-state index in [1.807, 2.05) is 0 Å². The molecule has 1 aliphatic heterocycles. The summed E-state index contributed by atoms with van der Waals surface area (Å²) in [5.74, 6) is 2.07. The van der Waals surface area contributed by atoms with E-state index in [0.29, 0.717) is 0 Å². The molecule has 4 aliphatic rings. The van der Waals surface area contributed by atoms with Crippen molar-refractivity contribution in [3.8, 4) is 0 Å². The van der Waals surface area contributed by atoms with Gasteiger partial charge in [0.05, 0.1) is 0 Å². The van der Waals surface area contributed by atoms with Crippen molar-refractivity contribution in [2.45, 2.75) is 32.0 Å². The largest absolute Gasteiger partial charge is 0.439 e. The first kappa shape index (κ1) is 6.53. The fraction of sp³-hybridized carbons (Fsp3) is 1.00. The third kappa shape index (κ3) is 0.766. The van der Waals surface area contributed by atoms with Gasteiger partial charge in [-0.1, -0.05) is 0 Å². The van der Waals surface area contributed by atoms with E-state index in [9.17, 15) is 0 Å². The molecule has 4 rings (SSSR count). The van der Waals surface area contributed by atoms with Gasteiger partial charge in [-0.25, -0.2) is 0 Å². The molecule has 11 heavy (non-hydrogen) atoms. The Morgan fingerprint density at radius 1 is 1.36 bits per heavy atom. The molecular weight excluding hydrogens is 135 g/mol. The summed E-state index contributed by atoms with van der Waals surface area (Å²) in [6.45, 7) is 1.08. The van der Waals surface area contributed by atoms with Gasteiger partial charge in [-0.15, -0.1) is 0 Å². The Labute approximate surface area is 68.8 Å². The molecule has 1 heterocycles. The molecule has 4 fully saturated rings. The van der Waals surface area contributed by atoms with Gasteiger partial charge in [-0.05, 0) is 49.3 Å². The van der Waals surface area contributed by atoms with Crippen molar-refractivity contribution in [1.82, 2.24) is 0 Å². The predicted molar refractivity (Wildman–Crippen MR) is 45.8 cm³/mol. The highest BCUT2D eigenvalue weighted by Crippen LogP contribution is 2.63. The van der Waals surface area contributed by atoms with E-state index < -0.39 is 0 Å². The summed E-state index contributed by atoms with van der Waals surface area (Å²) in [6.07, 6.45) is 7.48. The summed E-state index contributed by atoms with van der Waals surface area (Å²) in [6, 6.07) is 0. The van der Waals surface area contributed by atoms with Crippen LogP contribution in [0.2, 0.25) is 6.32 Å². The summed E-state index contributed by atoms with van der Waals surface area (Å²) < 4.78 is 5.46. The standard InChI is InChI=1S/C9H15BO/c1-2-9(3-7(1)4-9)8-5-10-11-6-8/h7-8,10H,1-6H2. The van der Waals surface area contributed by atoms with Crippen LogP contribution in [0.3, 0.4) is 0 Å². The quantitative estimate of drug-likeness (QED) is 0.515. The maximum absolute atomic E-state index is 5.46. The molecule has 1 atom stereocenters. The molecule has 0 spiro atoms. The minimum atomic E-state index is 0.793. The average molecular weight is 150 g/mol. The van der Waals surface area contributed by atoms with Crippen molar-refractivity contribution in [3.63, 3.8) is 0 Å². The van der Waals surface area contributed by atoms with E-state index in [2.05, 4.69) is 0 Å². The molecule has 2 bridgehead atoms. The first-order chi connectivity index (χ1) is 5.39. The van der Waals surface area contributed by atoms with Gasteiger partial charge < -0.3 is 4.65 Å². The molecule has 60 valence electrons. The number of hydrogen-bond acceptors (Lipinski definition) is 1. The monoisotopic (exact) mass is 150 g/mol. The van der Waals surface area contributed by atoms with Crippen molar-refractivity contribution >= 4 is 7.48 Å². The van der Waals surface area contributed by atoms with E-state index in [1.54, 1.807) is 12.8 Å². The molecule has 3 saturated carbocycles. The minimum absolute atomic E-state index is 0.793. The van der Waals surface area contributed by atoms with Gasteiger partial charge in [0.2, 0.25) is 0 Å². The van der Waals surface area contributed by atoms with Crippen molar-refractivity contribution in [1.29, 1.82) is 0 Å². The third-order valence-electron chi connectivity index (χ3n) is 4.24. The molecular formula is C9H15BO.